The van der Waals surface area contributed by atoms with Crippen LogP contribution in [0.2, 0.25) is 0 Å². The fourth-order valence-electron chi connectivity index (χ4n) is 2.05. The molecular formula is C15H29NO6S. The van der Waals surface area contributed by atoms with Crippen molar-refractivity contribution >= 4 is 21.9 Å². The summed E-state index contributed by atoms with van der Waals surface area (Å²) in [5, 5.41) is 12.0. The number of carbonyl (C=O) groups excluding carboxylic acids is 1. The summed E-state index contributed by atoms with van der Waals surface area (Å²) >= 11 is 0. The van der Waals surface area contributed by atoms with Crippen LogP contribution in [0.5, 0.6) is 0 Å². The SMILES string of the molecule is CCC(CCCS(=O)(=O)CC)(CNC(=O)OC(C)(C)C)C(=O)O. The Bertz CT molecular complexity index is 509. The van der Waals surface area contributed by atoms with Gasteiger partial charge in [0.25, 0.3) is 0 Å². The van der Waals surface area contributed by atoms with Crippen LogP contribution in [0.1, 0.15) is 53.9 Å². The second-order valence-corrected chi connectivity index (χ2v) is 9.11. The lowest BCUT2D eigenvalue weighted by molar-refractivity contribution is -0.149. The number of sulfone groups is 1. The molecule has 1 unspecified atom stereocenters. The van der Waals surface area contributed by atoms with E-state index in [0.717, 1.165) is 0 Å². The summed E-state index contributed by atoms with van der Waals surface area (Å²) in [4.78, 5) is 23.3. The number of hydrogen-bond acceptors (Lipinski definition) is 5. The van der Waals surface area contributed by atoms with E-state index in [1.54, 1.807) is 34.6 Å². The number of carbonyl (C=O) groups is 2. The number of amides is 1. The highest BCUT2D eigenvalue weighted by atomic mass is 32.2. The quantitative estimate of drug-likeness (QED) is 0.659. The molecule has 0 bridgehead atoms. The largest absolute Gasteiger partial charge is 0.481 e. The number of aliphatic carboxylic acids is 1. The molecule has 2 N–H and O–H groups in total. The van der Waals surface area contributed by atoms with Gasteiger partial charge in [0.05, 0.1) is 11.2 Å². The Balaban J connectivity index is 4.79. The first-order valence-corrected chi connectivity index (χ1v) is 9.60. The molecule has 136 valence electrons. The standard InChI is InChI=1S/C15H29NO6S/c1-6-15(12(17)18,9-8-10-23(20,21)7-2)11-16-13(19)22-14(3,4)5/h6-11H2,1-5H3,(H,16,19)(H,17,18). The Morgan fingerprint density at radius 2 is 1.74 bits per heavy atom. The Morgan fingerprint density at radius 3 is 2.13 bits per heavy atom. The molecule has 0 aliphatic carbocycles. The molecule has 1 atom stereocenters. The van der Waals surface area contributed by atoms with Gasteiger partial charge >= 0.3 is 12.1 Å². The highest BCUT2D eigenvalue weighted by Crippen LogP contribution is 2.28. The van der Waals surface area contributed by atoms with Crippen molar-refractivity contribution in [2.45, 2.75) is 59.5 Å². The molecule has 0 radical (unpaired) electrons. The number of rotatable bonds is 9. The molecule has 23 heavy (non-hydrogen) atoms. The second kappa shape index (κ2) is 8.52. The van der Waals surface area contributed by atoms with Crippen LogP contribution in [0.3, 0.4) is 0 Å². The zero-order valence-electron chi connectivity index (χ0n) is 14.6. The number of hydrogen-bond donors (Lipinski definition) is 2. The zero-order chi connectivity index (χ0) is 18.3. The molecule has 0 aromatic carbocycles. The normalized spacial score (nSPS) is 14.8. The summed E-state index contributed by atoms with van der Waals surface area (Å²) < 4.78 is 28.2. The van der Waals surface area contributed by atoms with E-state index in [1.165, 1.54) is 0 Å². The first-order valence-electron chi connectivity index (χ1n) is 7.78. The maximum Gasteiger partial charge on any atom is 0.407 e. The van der Waals surface area contributed by atoms with Gasteiger partial charge in [-0.1, -0.05) is 13.8 Å². The lowest BCUT2D eigenvalue weighted by atomic mass is 9.81. The van der Waals surface area contributed by atoms with Crippen molar-refractivity contribution < 1.29 is 27.9 Å². The summed E-state index contributed by atoms with van der Waals surface area (Å²) in [6.45, 7) is 8.31. The van der Waals surface area contributed by atoms with E-state index in [-0.39, 0.29) is 37.3 Å². The van der Waals surface area contributed by atoms with Crippen LogP contribution in [0.4, 0.5) is 4.79 Å². The molecule has 0 fully saturated rings. The van der Waals surface area contributed by atoms with Crippen LogP contribution >= 0.6 is 0 Å². The molecule has 0 spiro atoms. The fourth-order valence-corrected chi connectivity index (χ4v) is 2.93. The first kappa shape index (κ1) is 21.7. The number of alkyl carbamates (subject to hydrolysis) is 1. The Labute approximate surface area is 138 Å². The Kier molecular flexibility index (Phi) is 8.03. The van der Waals surface area contributed by atoms with Gasteiger partial charge in [0.15, 0.2) is 0 Å². The van der Waals surface area contributed by atoms with E-state index in [1.807, 2.05) is 0 Å². The molecule has 0 saturated carbocycles. The Hall–Kier alpha value is -1.31. The minimum atomic E-state index is -3.14. The maximum atomic E-state index is 11.7. The van der Waals surface area contributed by atoms with Gasteiger partial charge in [0.1, 0.15) is 15.4 Å². The fraction of sp³-hybridized carbons (Fsp3) is 0.867. The van der Waals surface area contributed by atoms with Crippen molar-refractivity contribution in [3.8, 4) is 0 Å². The molecule has 0 aliphatic heterocycles. The monoisotopic (exact) mass is 351 g/mol. The minimum absolute atomic E-state index is 0.0371. The summed E-state index contributed by atoms with van der Waals surface area (Å²) in [5.74, 6) is -1.06. The highest BCUT2D eigenvalue weighted by molar-refractivity contribution is 7.91. The molecule has 8 heteroatoms. The summed E-state index contributed by atoms with van der Waals surface area (Å²) in [6.07, 6.45) is 0.0163. The van der Waals surface area contributed by atoms with Gasteiger partial charge in [-0.05, 0) is 40.0 Å². The summed E-state index contributed by atoms with van der Waals surface area (Å²) in [5.41, 5.74) is -1.86. The second-order valence-electron chi connectivity index (χ2n) is 6.63. The molecule has 0 aromatic heterocycles. The van der Waals surface area contributed by atoms with Gasteiger partial charge in [-0.25, -0.2) is 13.2 Å². The van der Waals surface area contributed by atoms with Crippen molar-refractivity contribution in [2.24, 2.45) is 5.41 Å². The summed E-state index contributed by atoms with van der Waals surface area (Å²) in [7, 11) is -3.14. The first-order chi connectivity index (χ1) is 10.4. The molecule has 7 nitrogen and oxygen atoms in total. The van der Waals surface area contributed by atoms with Crippen LogP contribution in [-0.4, -0.2) is 49.2 Å². The summed E-state index contributed by atoms with van der Waals surface area (Å²) in [6, 6.07) is 0. The third-order valence-electron chi connectivity index (χ3n) is 3.65. The topological polar surface area (TPSA) is 110 Å². The van der Waals surface area contributed by atoms with E-state index >= 15 is 0 Å². The van der Waals surface area contributed by atoms with Gasteiger partial charge in [-0.15, -0.1) is 0 Å². The zero-order valence-corrected chi connectivity index (χ0v) is 15.5. The third-order valence-corrected chi connectivity index (χ3v) is 5.44. The number of ether oxygens (including phenoxy) is 1. The van der Waals surface area contributed by atoms with Crippen LogP contribution in [0.15, 0.2) is 0 Å². The van der Waals surface area contributed by atoms with Crippen molar-refractivity contribution in [1.82, 2.24) is 5.32 Å². The van der Waals surface area contributed by atoms with Crippen molar-refractivity contribution in [1.29, 1.82) is 0 Å². The van der Waals surface area contributed by atoms with E-state index in [2.05, 4.69) is 5.32 Å². The molecule has 1 amide bonds. The van der Waals surface area contributed by atoms with Crippen molar-refractivity contribution in [3.63, 3.8) is 0 Å². The molecule has 0 aliphatic rings. The van der Waals surface area contributed by atoms with Crippen LogP contribution in [0, 0.1) is 5.41 Å². The third kappa shape index (κ3) is 8.20. The van der Waals surface area contributed by atoms with E-state index < -0.39 is 32.9 Å². The van der Waals surface area contributed by atoms with Crippen molar-refractivity contribution in [2.75, 3.05) is 18.1 Å². The van der Waals surface area contributed by atoms with Gasteiger partial charge < -0.3 is 15.2 Å². The van der Waals surface area contributed by atoms with E-state index in [9.17, 15) is 23.1 Å². The van der Waals surface area contributed by atoms with Gasteiger partial charge in [-0.2, -0.15) is 0 Å². The average Bonchev–Trinajstić information content (AvgIpc) is 2.40. The van der Waals surface area contributed by atoms with Crippen LogP contribution in [-0.2, 0) is 19.4 Å². The maximum absolute atomic E-state index is 11.7. The van der Waals surface area contributed by atoms with Crippen molar-refractivity contribution in [3.05, 3.63) is 0 Å². The van der Waals surface area contributed by atoms with Crippen LogP contribution < -0.4 is 5.32 Å². The molecule has 0 saturated heterocycles. The lowest BCUT2D eigenvalue weighted by Gasteiger charge is -2.29. The molecule has 0 heterocycles. The smallest absolute Gasteiger partial charge is 0.407 e. The van der Waals surface area contributed by atoms with Crippen LogP contribution in [0.25, 0.3) is 0 Å². The Morgan fingerprint density at radius 1 is 1.17 bits per heavy atom. The number of carboxylic acids is 1. The predicted molar refractivity (Wildman–Crippen MR) is 88.2 cm³/mol. The average molecular weight is 351 g/mol. The molecule has 0 aromatic rings. The number of carboxylic acid groups (broad SMARTS) is 1. The van der Waals surface area contributed by atoms with E-state index in [4.69, 9.17) is 4.74 Å². The van der Waals surface area contributed by atoms with Gasteiger partial charge in [0.2, 0.25) is 0 Å². The van der Waals surface area contributed by atoms with Gasteiger partial charge in [-0.3, -0.25) is 4.79 Å². The number of nitrogens with one attached hydrogen (secondary N) is 1. The highest BCUT2D eigenvalue weighted by Gasteiger charge is 2.37. The van der Waals surface area contributed by atoms with E-state index in [0.29, 0.717) is 0 Å². The minimum Gasteiger partial charge on any atom is -0.481 e. The molecule has 0 rings (SSSR count). The lowest BCUT2D eigenvalue weighted by Crippen LogP contribution is -2.44. The predicted octanol–water partition coefficient (Wildman–Crippen LogP) is 2.21. The molecular weight excluding hydrogens is 322 g/mol. The van der Waals surface area contributed by atoms with Gasteiger partial charge in [0, 0.05) is 12.3 Å².